The van der Waals surface area contributed by atoms with Crippen molar-refractivity contribution >= 4 is 93.9 Å². The zero-order valence-electron chi connectivity index (χ0n) is 25.0. The molecule has 2 aliphatic heterocycles. The number of hydrogen-bond acceptors (Lipinski definition) is 6. The molecule has 0 fully saturated rings. The van der Waals surface area contributed by atoms with Crippen LogP contribution in [0.1, 0.15) is 0 Å². The first-order chi connectivity index (χ1) is 21.3. The molecule has 44 heavy (non-hydrogen) atoms. The van der Waals surface area contributed by atoms with Crippen LogP contribution in [0.25, 0.3) is 22.2 Å². The molecule has 9 rings (SSSR count). The fourth-order valence-corrected chi connectivity index (χ4v) is 13.2. The molecule has 2 aliphatic rings. The Bertz CT molecular complexity index is 1980. The lowest BCUT2D eigenvalue weighted by Crippen LogP contribution is -2.58. The van der Waals surface area contributed by atoms with Crippen molar-refractivity contribution in [1.29, 1.82) is 0 Å². The number of anilines is 6. The first kappa shape index (κ1) is 25.6. The summed E-state index contributed by atoms with van der Waals surface area (Å²) in [6, 6.07) is 39.6. The van der Waals surface area contributed by atoms with Gasteiger partial charge in [0.1, 0.15) is 27.2 Å². The SMILES string of the molecule is C[Si]1(C)c2ccccc2N(c2nc3cc4oc(N5c6ccccc6[Si](C)(C)c6ccccc65)nc4cc3o2)c2ccccc21. The maximum Gasteiger partial charge on any atom is 0.307 e. The first-order valence-electron chi connectivity index (χ1n) is 15.0. The van der Waals surface area contributed by atoms with Gasteiger partial charge in [0.15, 0.2) is 11.2 Å². The van der Waals surface area contributed by atoms with Gasteiger partial charge in [0.2, 0.25) is 0 Å². The minimum absolute atomic E-state index is 0.545. The molecular formula is C36H30N4O2Si2. The highest BCUT2D eigenvalue weighted by Crippen LogP contribution is 2.42. The zero-order valence-corrected chi connectivity index (χ0v) is 27.0. The molecular weight excluding hydrogens is 577 g/mol. The van der Waals surface area contributed by atoms with Crippen LogP contribution in [0.3, 0.4) is 0 Å². The second-order valence-corrected chi connectivity index (χ2v) is 21.4. The van der Waals surface area contributed by atoms with Crippen molar-refractivity contribution in [2.24, 2.45) is 0 Å². The normalized spacial score (nSPS) is 16.0. The van der Waals surface area contributed by atoms with Gasteiger partial charge in [0.05, 0.1) is 22.7 Å². The van der Waals surface area contributed by atoms with E-state index in [2.05, 4.69) is 133 Å². The Kier molecular flexibility index (Phi) is 5.12. The third kappa shape index (κ3) is 3.40. The largest absolute Gasteiger partial charge is 0.423 e. The van der Waals surface area contributed by atoms with Gasteiger partial charge >= 0.3 is 12.0 Å². The van der Waals surface area contributed by atoms with E-state index in [0.717, 1.165) is 33.8 Å². The summed E-state index contributed by atoms with van der Waals surface area (Å²) in [5, 5.41) is 5.48. The highest BCUT2D eigenvalue weighted by Gasteiger charge is 2.41. The van der Waals surface area contributed by atoms with Crippen molar-refractivity contribution in [3.8, 4) is 0 Å². The molecule has 4 heterocycles. The van der Waals surface area contributed by atoms with Crippen LogP contribution in [-0.4, -0.2) is 26.1 Å². The number of oxazole rings is 2. The van der Waals surface area contributed by atoms with Gasteiger partial charge in [-0.25, -0.2) is 0 Å². The smallest absolute Gasteiger partial charge is 0.307 e. The third-order valence-electron chi connectivity index (χ3n) is 9.53. The molecule has 8 heteroatoms. The third-order valence-corrected chi connectivity index (χ3v) is 16.6. The van der Waals surface area contributed by atoms with E-state index in [9.17, 15) is 0 Å². The fourth-order valence-electron chi connectivity index (χ4n) is 7.27. The molecule has 0 radical (unpaired) electrons. The van der Waals surface area contributed by atoms with E-state index in [4.69, 9.17) is 18.8 Å². The van der Waals surface area contributed by atoms with Crippen molar-refractivity contribution in [2.45, 2.75) is 26.2 Å². The molecule has 0 atom stereocenters. The molecule has 5 aromatic carbocycles. The minimum atomic E-state index is -1.89. The number of nitrogens with zero attached hydrogens (tertiary/aromatic N) is 4. The molecule has 0 saturated carbocycles. The van der Waals surface area contributed by atoms with Crippen LogP contribution in [-0.2, 0) is 0 Å². The van der Waals surface area contributed by atoms with Crippen LogP contribution in [0, 0.1) is 0 Å². The van der Waals surface area contributed by atoms with Crippen molar-refractivity contribution in [3.63, 3.8) is 0 Å². The van der Waals surface area contributed by atoms with Crippen molar-refractivity contribution in [3.05, 3.63) is 109 Å². The van der Waals surface area contributed by atoms with E-state index in [1.807, 2.05) is 12.1 Å². The number of benzene rings is 5. The van der Waals surface area contributed by atoms with Crippen LogP contribution in [0.2, 0.25) is 26.2 Å². The lowest BCUT2D eigenvalue weighted by molar-refractivity contribution is 0.607. The monoisotopic (exact) mass is 606 g/mol. The predicted molar refractivity (Wildman–Crippen MR) is 184 cm³/mol. The maximum absolute atomic E-state index is 6.53. The number of rotatable bonds is 2. The molecule has 0 N–H and O–H groups in total. The Morgan fingerprint density at radius 2 is 0.750 bits per heavy atom. The van der Waals surface area contributed by atoms with Crippen LogP contribution >= 0.6 is 0 Å². The van der Waals surface area contributed by atoms with Gasteiger partial charge in [-0.1, -0.05) is 99.0 Å². The quantitative estimate of drug-likeness (QED) is 0.194. The Morgan fingerprint density at radius 1 is 0.455 bits per heavy atom. The van der Waals surface area contributed by atoms with E-state index in [-0.39, 0.29) is 0 Å². The predicted octanol–water partition coefficient (Wildman–Crippen LogP) is 7.18. The average Bonchev–Trinajstić information content (AvgIpc) is 3.63. The van der Waals surface area contributed by atoms with Crippen molar-refractivity contribution < 1.29 is 8.83 Å². The second kappa shape index (κ2) is 8.81. The molecule has 0 spiro atoms. The van der Waals surface area contributed by atoms with Crippen molar-refractivity contribution in [1.82, 2.24) is 9.97 Å². The van der Waals surface area contributed by atoms with E-state index in [0.29, 0.717) is 23.2 Å². The van der Waals surface area contributed by atoms with Crippen LogP contribution in [0.15, 0.2) is 118 Å². The van der Waals surface area contributed by atoms with E-state index >= 15 is 0 Å². The molecule has 0 unspecified atom stereocenters. The van der Waals surface area contributed by atoms with Gasteiger partial charge in [0.25, 0.3) is 0 Å². The fraction of sp³-hybridized carbons (Fsp3) is 0.111. The summed E-state index contributed by atoms with van der Waals surface area (Å²) in [7, 11) is -3.79. The summed E-state index contributed by atoms with van der Waals surface area (Å²) in [5.41, 5.74) is 7.36. The van der Waals surface area contributed by atoms with Gasteiger partial charge in [-0.05, 0) is 45.0 Å². The van der Waals surface area contributed by atoms with Gasteiger partial charge in [-0.2, -0.15) is 9.97 Å². The summed E-state index contributed by atoms with van der Waals surface area (Å²) in [5.74, 6) is 0. The highest BCUT2D eigenvalue weighted by atomic mass is 28.3. The maximum atomic E-state index is 6.53. The molecule has 2 aromatic heterocycles. The van der Waals surface area contributed by atoms with E-state index in [1.165, 1.54) is 20.7 Å². The lowest BCUT2D eigenvalue weighted by atomic mass is 10.2. The second-order valence-electron chi connectivity index (χ2n) is 12.8. The molecule has 0 aliphatic carbocycles. The molecule has 7 aromatic rings. The summed E-state index contributed by atoms with van der Waals surface area (Å²) in [4.78, 5) is 14.4. The zero-order chi connectivity index (χ0) is 29.8. The first-order valence-corrected chi connectivity index (χ1v) is 21.0. The van der Waals surface area contributed by atoms with Crippen LogP contribution in [0.5, 0.6) is 0 Å². The number of hydrogen-bond donors (Lipinski definition) is 0. The lowest BCUT2D eigenvalue weighted by Gasteiger charge is -2.39. The Hall–Kier alpha value is -4.93. The number of fused-ring (bicyclic) bond motifs is 6. The number of aromatic nitrogens is 2. The van der Waals surface area contributed by atoms with Gasteiger partial charge in [-0.3, -0.25) is 9.80 Å². The highest BCUT2D eigenvalue weighted by molar-refractivity contribution is 7.03. The summed E-state index contributed by atoms with van der Waals surface area (Å²) in [6.07, 6.45) is 0. The molecule has 0 amide bonds. The summed E-state index contributed by atoms with van der Waals surface area (Å²) < 4.78 is 13.1. The summed E-state index contributed by atoms with van der Waals surface area (Å²) >= 11 is 0. The molecule has 0 saturated heterocycles. The van der Waals surface area contributed by atoms with E-state index < -0.39 is 16.1 Å². The Labute approximate surface area is 257 Å². The van der Waals surface area contributed by atoms with Gasteiger partial charge in [0, 0.05) is 12.1 Å². The molecule has 6 nitrogen and oxygen atoms in total. The molecule has 214 valence electrons. The van der Waals surface area contributed by atoms with Crippen LogP contribution < -0.4 is 30.5 Å². The van der Waals surface area contributed by atoms with Crippen molar-refractivity contribution in [2.75, 3.05) is 9.80 Å². The van der Waals surface area contributed by atoms with Gasteiger partial charge < -0.3 is 8.83 Å². The Morgan fingerprint density at radius 3 is 1.07 bits per heavy atom. The van der Waals surface area contributed by atoms with Gasteiger partial charge in [-0.15, -0.1) is 0 Å². The van der Waals surface area contributed by atoms with Crippen LogP contribution in [0.4, 0.5) is 34.8 Å². The number of para-hydroxylation sites is 4. The summed E-state index contributed by atoms with van der Waals surface area (Å²) in [6.45, 7) is 9.64. The standard InChI is InChI=1S/C36H30N4O2Si2/c1-43(2)31-17-9-5-13-25(31)39(26-14-6-10-18-32(26)43)35-37-23-21-30-24(22-29(23)41-35)38-36(42-30)40-27-15-7-11-19-33(27)44(3,4)34-20-12-8-16-28(34)40/h5-22H,1-4H3. The Balaban J connectivity index is 1.19. The minimum Gasteiger partial charge on any atom is -0.423 e. The topological polar surface area (TPSA) is 58.5 Å². The molecule has 0 bridgehead atoms. The average molecular weight is 607 g/mol. The van der Waals surface area contributed by atoms with E-state index in [1.54, 1.807) is 0 Å².